The number of rotatable bonds is 4. The Morgan fingerprint density at radius 2 is 1.89 bits per heavy atom. The summed E-state index contributed by atoms with van der Waals surface area (Å²) in [6.07, 6.45) is 1.42. The van der Waals surface area contributed by atoms with E-state index >= 15 is 0 Å². The summed E-state index contributed by atoms with van der Waals surface area (Å²) >= 11 is 0. The van der Waals surface area contributed by atoms with Gasteiger partial charge in [-0.15, -0.1) is 0 Å². The predicted molar refractivity (Wildman–Crippen MR) is 110 cm³/mol. The topological polar surface area (TPSA) is 38.4 Å². The molecule has 3 heterocycles. The van der Waals surface area contributed by atoms with Crippen LogP contribution in [0, 0.1) is 5.82 Å². The van der Waals surface area contributed by atoms with Crippen molar-refractivity contribution < 1.29 is 4.39 Å². The van der Waals surface area contributed by atoms with Gasteiger partial charge in [0.25, 0.3) is 0 Å². The first-order valence-corrected chi connectivity index (χ1v) is 10.2. The minimum atomic E-state index is -0.234. The molecule has 0 radical (unpaired) electrons. The molecule has 1 saturated heterocycles. The molecule has 146 valence electrons. The molecule has 0 amide bonds. The number of nitrogens with zero attached hydrogens (tertiary/aromatic N) is 4. The number of hydrogen-bond acceptors (Lipinski definition) is 4. The molecule has 28 heavy (non-hydrogen) atoms. The van der Waals surface area contributed by atoms with Crippen LogP contribution in [-0.2, 0) is 13.1 Å². The number of halogens is 1. The summed E-state index contributed by atoms with van der Waals surface area (Å²) in [6.45, 7) is 8.25. The number of aromatic amines is 1. The highest BCUT2D eigenvalue weighted by Gasteiger charge is 2.35. The summed E-state index contributed by atoms with van der Waals surface area (Å²) in [5, 5.41) is 8.61. The molecule has 0 bridgehead atoms. The molecule has 6 heteroatoms. The fourth-order valence-corrected chi connectivity index (χ4v) is 4.66. The van der Waals surface area contributed by atoms with Gasteiger partial charge in [0.1, 0.15) is 5.82 Å². The maximum Gasteiger partial charge on any atom is 0.159 e. The smallest absolute Gasteiger partial charge is 0.159 e. The van der Waals surface area contributed by atoms with Crippen LogP contribution in [0.25, 0.3) is 10.9 Å². The second kappa shape index (κ2) is 7.18. The van der Waals surface area contributed by atoms with Gasteiger partial charge in [-0.25, -0.2) is 4.39 Å². The maximum atomic E-state index is 13.6. The van der Waals surface area contributed by atoms with Crippen molar-refractivity contribution in [2.24, 2.45) is 0 Å². The summed E-state index contributed by atoms with van der Waals surface area (Å²) in [4.78, 5) is 7.52. The summed E-state index contributed by atoms with van der Waals surface area (Å²) in [5.74, 6) is 0.703. The van der Waals surface area contributed by atoms with E-state index in [-0.39, 0.29) is 12.0 Å². The number of fused-ring (bicyclic) bond motifs is 2. The van der Waals surface area contributed by atoms with E-state index in [0.29, 0.717) is 0 Å². The van der Waals surface area contributed by atoms with E-state index in [1.54, 1.807) is 0 Å². The van der Waals surface area contributed by atoms with Gasteiger partial charge in [0, 0.05) is 38.1 Å². The van der Waals surface area contributed by atoms with Gasteiger partial charge in [-0.2, -0.15) is 5.10 Å². The highest BCUT2D eigenvalue weighted by atomic mass is 19.1. The summed E-state index contributed by atoms with van der Waals surface area (Å²) < 4.78 is 13.6. The van der Waals surface area contributed by atoms with E-state index in [4.69, 9.17) is 0 Å². The molecule has 3 aromatic rings. The predicted octanol–water partition coefficient (Wildman–Crippen LogP) is 3.58. The van der Waals surface area contributed by atoms with Gasteiger partial charge >= 0.3 is 0 Å². The van der Waals surface area contributed by atoms with Crippen LogP contribution in [-0.4, -0.2) is 52.3 Å². The molecule has 2 aliphatic heterocycles. The van der Waals surface area contributed by atoms with E-state index in [1.807, 2.05) is 6.07 Å². The molecule has 1 aromatic heterocycles. The molecule has 0 saturated carbocycles. The number of nitrogens with one attached hydrogen (secondary N) is 1. The molecule has 0 spiro atoms. The first-order valence-electron chi connectivity index (χ1n) is 10.2. The fraction of sp³-hybridized carbons (Fsp3) is 0.409. The van der Waals surface area contributed by atoms with E-state index in [9.17, 15) is 4.39 Å². The summed E-state index contributed by atoms with van der Waals surface area (Å²) in [5.41, 5.74) is 3.60. The van der Waals surface area contributed by atoms with Gasteiger partial charge in [-0.3, -0.25) is 14.9 Å². The monoisotopic (exact) mass is 379 g/mol. The van der Waals surface area contributed by atoms with Crippen LogP contribution in [0.4, 0.5) is 10.2 Å². The van der Waals surface area contributed by atoms with Crippen molar-refractivity contribution in [2.45, 2.75) is 32.6 Å². The van der Waals surface area contributed by atoms with Gasteiger partial charge in [-0.05, 0) is 42.3 Å². The maximum absolute atomic E-state index is 13.6. The molecule has 1 N–H and O–H groups in total. The fourth-order valence-electron chi connectivity index (χ4n) is 4.66. The van der Waals surface area contributed by atoms with Crippen molar-refractivity contribution >= 4 is 16.7 Å². The van der Waals surface area contributed by atoms with Crippen LogP contribution in [0.3, 0.4) is 0 Å². The number of piperazine rings is 1. The number of H-pyrrole nitrogens is 1. The molecule has 1 unspecified atom stereocenters. The second-order valence-corrected chi connectivity index (χ2v) is 7.89. The second-order valence-electron chi connectivity index (χ2n) is 7.89. The first kappa shape index (κ1) is 17.6. The van der Waals surface area contributed by atoms with Crippen molar-refractivity contribution in [3.05, 3.63) is 59.4 Å². The Hall–Kier alpha value is -2.44. The van der Waals surface area contributed by atoms with E-state index in [1.165, 1.54) is 23.3 Å². The van der Waals surface area contributed by atoms with Crippen molar-refractivity contribution in [1.82, 2.24) is 20.0 Å². The molecule has 5 rings (SSSR count). The normalized spacial score (nSPS) is 20.8. The zero-order valence-corrected chi connectivity index (χ0v) is 16.2. The highest BCUT2D eigenvalue weighted by Crippen LogP contribution is 2.32. The highest BCUT2D eigenvalue weighted by molar-refractivity contribution is 5.90. The van der Waals surface area contributed by atoms with Crippen LogP contribution in [0.5, 0.6) is 0 Å². The average molecular weight is 379 g/mol. The largest absolute Gasteiger partial charge is 0.336 e. The lowest BCUT2D eigenvalue weighted by molar-refractivity contribution is 0.106. The third-order valence-electron chi connectivity index (χ3n) is 6.04. The van der Waals surface area contributed by atoms with Gasteiger partial charge in [-0.1, -0.05) is 31.2 Å². The van der Waals surface area contributed by atoms with Crippen LogP contribution >= 0.6 is 0 Å². The lowest BCUT2D eigenvalue weighted by atomic mass is 10.1. The molecule has 1 fully saturated rings. The molecule has 0 aliphatic carbocycles. The molecular weight excluding hydrogens is 353 g/mol. The Bertz CT molecular complexity index is 959. The van der Waals surface area contributed by atoms with Crippen molar-refractivity contribution in [3.63, 3.8) is 0 Å². The van der Waals surface area contributed by atoms with Crippen LogP contribution in [0.1, 0.15) is 24.5 Å². The van der Waals surface area contributed by atoms with E-state index in [0.717, 1.165) is 62.4 Å². The van der Waals surface area contributed by atoms with Crippen LogP contribution in [0.15, 0.2) is 42.5 Å². The third kappa shape index (κ3) is 3.06. The Balaban J connectivity index is 1.48. The standard InChI is InChI=1S/C22H26FN5/c1-2-9-26-10-11-28(22-19-8-7-18(23)12-20(19)24-25-22)21(15-26)27-13-16-5-3-4-6-17(16)14-27/h3-8,12,21H,2,9-11,13-15H2,1H3,(H,24,25). The Labute approximate surface area is 164 Å². The summed E-state index contributed by atoms with van der Waals surface area (Å²) in [6, 6.07) is 13.6. The van der Waals surface area contributed by atoms with E-state index in [2.05, 4.69) is 56.1 Å². The van der Waals surface area contributed by atoms with Gasteiger partial charge < -0.3 is 4.90 Å². The van der Waals surface area contributed by atoms with E-state index < -0.39 is 0 Å². The van der Waals surface area contributed by atoms with Crippen LogP contribution < -0.4 is 4.90 Å². The zero-order chi connectivity index (χ0) is 19.1. The molecule has 1 atom stereocenters. The van der Waals surface area contributed by atoms with Crippen molar-refractivity contribution in [3.8, 4) is 0 Å². The Morgan fingerprint density at radius 3 is 2.64 bits per heavy atom. The van der Waals surface area contributed by atoms with Gasteiger partial charge in [0.15, 0.2) is 5.82 Å². The number of hydrogen-bond donors (Lipinski definition) is 1. The SMILES string of the molecule is CCCN1CCN(c2n[nH]c3cc(F)ccc23)C(N2Cc3ccccc3C2)C1. The lowest BCUT2D eigenvalue weighted by Gasteiger charge is -2.45. The number of aromatic nitrogens is 2. The van der Waals surface area contributed by atoms with Gasteiger partial charge in [0.05, 0.1) is 11.7 Å². The Kier molecular flexibility index (Phi) is 4.53. The van der Waals surface area contributed by atoms with Crippen molar-refractivity contribution in [1.29, 1.82) is 0 Å². The van der Waals surface area contributed by atoms with Crippen LogP contribution in [0.2, 0.25) is 0 Å². The quantitative estimate of drug-likeness (QED) is 0.752. The van der Waals surface area contributed by atoms with Gasteiger partial charge in [0.2, 0.25) is 0 Å². The molecular formula is C22H26FN5. The summed E-state index contributed by atoms with van der Waals surface area (Å²) in [7, 11) is 0. The minimum Gasteiger partial charge on any atom is -0.336 e. The first-order chi connectivity index (χ1) is 13.7. The molecule has 5 nitrogen and oxygen atoms in total. The van der Waals surface area contributed by atoms with Crippen molar-refractivity contribution in [2.75, 3.05) is 31.1 Å². The molecule has 2 aliphatic rings. The lowest BCUT2D eigenvalue weighted by Crippen LogP contribution is -2.59. The molecule has 2 aromatic carbocycles. The minimum absolute atomic E-state index is 0.234. The number of anilines is 1. The zero-order valence-electron chi connectivity index (χ0n) is 16.2. The Morgan fingerprint density at radius 1 is 1.11 bits per heavy atom. The third-order valence-corrected chi connectivity index (χ3v) is 6.04. The average Bonchev–Trinajstić information content (AvgIpc) is 3.32. The number of benzene rings is 2.